The molecule has 1 aromatic carbocycles. The molecule has 2 N–H and O–H groups in total. The number of nitrogens with two attached hydrogens (primary N) is 1. The van der Waals surface area contributed by atoms with E-state index >= 15 is 0 Å². The minimum atomic E-state index is -0.499. The standard InChI is InChI=1S/C14H21NO2/c1-9-6-7-11(13(17-5)10(9)2)12(16)8-14(3,4)15/h6-7H,8,15H2,1-5H3. The fourth-order valence-electron chi connectivity index (χ4n) is 1.78. The Balaban J connectivity index is 3.14. The Hall–Kier alpha value is -1.35. The number of ether oxygens (including phenoxy) is 1. The van der Waals surface area contributed by atoms with E-state index in [0.29, 0.717) is 17.7 Å². The van der Waals surface area contributed by atoms with Gasteiger partial charge in [-0.3, -0.25) is 4.79 Å². The highest BCUT2D eigenvalue weighted by Gasteiger charge is 2.21. The predicted molar refractivity (Wildman–Crippen MR) is 69.7 cm³/mol. The Morgan fingerprint density at radius 2 is 1.94 bits per heavy atom. The summed E-state index contributed by atoms with van der Waals surface area (Å²) < 4.78 is 5.33. The van der Waals surface area contributed by atoms with Gasteiger partial charge in [0.1, 0.15) is 5.75 Å². The zero-order chi connectivity index (χ0) is 13.2. The topological polar surface area (TPSA) is 52.3 Å². The highest BCUT2D eigenvalue weighted by molar-refractivity contribution is 5.99. The average molecular weight is 235 g/mol. The molecule has 0 saturated heterocycles. The Morgan fingerprint density at radius 1 is 1.35 bits per heavy atom. The summed E-state index contributed by atoms with van der Waals surface area (Å²) in [4.78, 5) is 12.1. The molecule has 3 heteroatoms. The van der Waals surface area contributed by atoms with Crippen LogP contribution in [0, 0.1) is 13.8 Å². The second kappa shape index (κ2) is 4.88. The number of Topliss-reactive ketones (excluding diaryl/α,β-unsaturated/α-hetero) is 1. The van der Waals surface area contributed by atoms with E-state index in [2.05, 4.69) is 0 Å². The third-order valence-electron chi connectivity index (χ3n) is 2.80. The molecular formula is C14H21NO2. The number of hydrogen-bond acceptors (Lipinski definition) is 3. The molecule has 0 aliphatic carbocycles. The first-order chi connectivity index (χ1) is 7.76. The number of carbonyl (C=O) groups is 1. The van der Waals surface area contributed by atoms with Gasteiger partial charge >= 0.3 is 0 Å². The minimum Gasteiger partial charge on any atom is -0.496 e. The monoisotopic (exact) mass is 235 g/mol. The summed E-state index contributed by atoms with van der Waals surface area (Å²) in [5.41, 5.74) is 8.12. The van der Waals surface area contributed by atoms with E-state index < -0.39 is 5.54 Å². The molecule has 17 heavy (non-hydrogen) atoms. The number of rotatable bonds is 4. The molecule has 0 radical (unpaired) electrons. The van der Waals surface area contributed by atoms with Crippen LogP contribution in [0.4, 0.5) is 0 Å². The van der Waals surface area contributed by atoms with Gasteiger partial charge < -0.3 is 10.5 Å². The van der Waals surface area contributed by atoms with Crippen LogP contribution in [-0.4, -0.2) is 18.4 Å². The van der Waals surface area contributed by atoms with E-state index in [9.17, 15) is 4.79 Å². The molecule has 1 aromatic rings. The number of aryl methyl sites for hydroxylation is 1. The summed E-state index contributed by atoms with van der Waals surface area (Å²) in [6.07, 6.45) is 0.311. The van der Waals surface area contributed by atoms with Crippen molar-refractivity contribution in [3.05, 3.63) is 28.8 Å². The predicted octanol–water partition coefficient (Wildman–Crippen LogP) is 2.62. The van der Waals surface area contributed by atoms with Crippen LogP contribution in [0.5, 0.6) is 5.75 Å². The van der Waals surface area contributed by atoms with Gasteiger partial charge in [-0.05, 0) is 44.9 Å². The summed E-state index contributed by atoms with van der Waals surface area (Å²) in [5.74, 6) is 0.691. The number of methoxy groups -OCH3 is 1. The summed E-state index contributed by atoms with van der Waals surface area (Å²) in [5, 5.41) is 0. The number of carbonyl (C=O) groups excluding carboxylic acids is 1. The quantitative estimate of drug-likeness (QED) is 0.816. The largest absolute Gasteiger partial charge is 0.496 e. The SMILES string of the molecule is COc1c(C(=O)CC(C)(C)N)ccc(C)c1C. The fraction of sp³-hybridized carbons (Fsp3) is 0.500. The van der Waals surface area contributed by atoms with E-state index in [1.54, 1.807) is 7.11 Å². The van der Waals surface area contributed by atoms with Crippen LogP contribution in [0.25, 0.3) is 0 Å². The van der Waals surface area contributed by atoms with Crippen molar-refractivity contribution in [3.63, 3.8) is 0 Å². The van der Waals surface area contributed by atoms with E-state index in [1.165, 1.54) is 0 Å². The number of ketones is 1. The molecule has 0 atom stereocenters. The molecule has 0 heterocycles. The van der Waals surface area contributed by atoms with Crippen LogP contribution in [0.2, 0.25) is 0 Å². The summed E-state index contributed by atoms with van der Waals surface area (Å²) in [7, 11) is 1.59. The minimum absolute atomic E-state index is 0.0254. The van der Waals surface area contributed by atoms with Crippen molar-refractivity contribution < 1.29 is 9.53 Å². The van der Waals surface area contributed by atoms with Gasteiger partial charge in [-0.2, -0.15) is 0 Å². The summed E-state index contributed by atoms with van der Waals surface area (Å²) >= 11 is 0. The third kappa shape index (κ3) is 3.30. The lowest BCUT2D eigenvalue weighted by Gasteiger charge is -2.19. The van der Waals surface area contributed by atoms with Crippen LogP contribution in [-0.2, 0) is 0 Å². The van der Waals surface area contributed by atoms with Crippen LogP contribution in [0.3, 0.4) is 0 Å². The highest BCUT2D eigenvalue weighted by atomic mass is 16.5. The Bertz CT molecular complexity index is 431. The maximum Gasteiger partial charge on any atom is 0.168 e. The first kappa shape index (κ1) is 13.7. The lowest BCUT2D eigenvalue weighted by atomic mass is 9.93. The second-order valence-corrected chi connectivity index (χ2v) is 5.18. The molecule has 1 rings (SSSR count). The lowest BCUT2D eigenvalue weighted by Crippen LogP contribution is -2.34. The van der Waals surface area contributed by atoms with Gasteiger partial charge in [-0.15, -0.1) is 0 Å². The van der Waals surface area contributed by atoms with Crippen molar-refractivity contribution in [3.8, 4) is 5.75 Å². The maximum atomic E-state index is 12.1. The van der Waals surface area contributed by atoms with E-state index in [4.69, 9.17) is 10.5 Å². The number of benzene rings is 1. The normalized spacial score (nSPS) is 11.4. The van der Waals surface area contributed by atoms with Gasteiger partial charge in [0.05, 0.1) is 12.7 Å². The molecule has 0 bridgehead atoms. The molecule has 0 aliphatic heterocycles. The van der Waals surface area contributed by atoms with E-state index in [0.717, 1.165) is 11.1 Å². The Kier molecular flexibility index (Phi) is 3.94. The van der Waals surface area contributed by atoms with Crippen LogP contribution < -0.4 is 10.5 Å². The molecule has 0 aromatic heterocycles. The molecule has 3 nitrogen and oxygen atoms in total. The van der Waals surface area contributed by atoms with Gasteiger partial charge in [0.2, 0.25) is 0 Å². The first-order valence-electron chi connectivity index (χ1n) is 5.72. The molecule has 0 spiro atoms. The van der Waals surface area contributed by atoms with Crippen LogP contribution >= 0.6 is 0 Å². The maximum absolute atomic E-state index is 12.1. The van der Waals surface area contributed by atoms with Gasteiger partial charge in [-0.1, -0.05) is 6.07 Å². The van der Waals surface area contributed by atoms with Crippen molar-refractivity contribution in [2.24, 2.45) is 5.73 Å². The van der Waals surface area contributed by atoms with Crippen molar-refractivity contribution in [2.75, 3.05) is 7.11 Å². The van der Waals surface area contributed by atoms with Gasteiger partial charge in [0, 0.05) is 12.0 Å². The molecule has 0 saturated carbocycles. The van der Waals surface area contributed by atoms with Crippen molar-refractivity contribution in [1.82, 2.24) is 0 Å². The van der Waals surface area contributed by atoms with Crippen molar-refractivity contribution in [2.45, 2.75) is 39.7 Å². The van der Waals surface area contributed by atoms with Gasteiger partial charge in [0.25, 0.3) is 0 Å². The van der Waals surface area contributed by atoms with Crippen molar-refractivity contribution in [1.29, 1.82) is 0 Å². The van der Waals surface area contributed by atoms with E-state index in [-0.39, 0.29) is 5.78 Å². The first-order valence-corrected chi connectivity index (χ1v) is 5.72. The molecule has 0 amide bonds. The molecule has 0 unspecified atom stereocenters. The van der Waals surface area contributed by atoms with Crippen molar-refractivity contribution >= 4 is 5.78 Å². The lowest BCUT2D eigenvalue weighted by molar-refractivity contribution is 0.0957. The van der Waals surface area contributed by atoms with Gasteiger partial charge in [-0.25, -0.2) is 0 Å². The third-order valence-corrected chi connectivity index (χ3v) is 2.80. The van der Waals surface area contributed by atoms with E-state index in [1.807, 2.05) is 39.8 Å². The highest BCUT2D eigenvalue weighted by Crippen LogP contribution is 2.28. The fourth-order valence-corrected chi connectivity index (χ4v) is 1.78. The number of hydrogen-bond donors (Lipinski definition) is 1. The molecular weight excluding hydrogens is 214 g/mol. The van der Waals surface area contributed by atoms with Gasteiger partial charge in [0.15, 0.2) is 5.78 Å². The summed E-state index contributed by atoms with van der Waals surface area (Å²) in [6, 6.07) is 3.75. The average Bonchev–Trinajstić information content (AvgIpc) is 2.19. The van der Waals surface area contributed by atoms with Crippen LogP contribution in [0.1, 0.15) is 41.8 Å². The Labute approximate surface area is 103 Å². The zero-order valence-corrected chi connectivity index (χ0v) is 11.3. The van der Waals surface area contributed by atoms with Crippen LogP contribution in [0.15, 0.2) is 12.1 Å². The smallest absolute Gasteiger partial charge is 0.168 e. The Morgan fingerprint density at radius 3 is 2.41 bits per heavy atom. The second-order valence-electron chi connectivity index (χ2n) is 5.18. The molecule has 0 aliphatic rings. The molecule has 94 valence electrons. The molecule has 0 fully saturated rings. The summed E-state index contributed by atoms with van der Waals surface area (Å²) in [6.45, 7) is 7.65. The zero-order valence-electron chi connectivity index (χ0n) is 11.3.